The summed E-state index contributed by atoms with van der Waals surface area (Å²) in [4.78, 5) is 16.6. The lowest BCUT2D eigenvalue weighted by atomic mass is 9.93. The first-order valence-electron chi connectivity index (χ1n) is 8.47. The van der Waals surface area contributed by atoms with Crippen molar-refractivity contribution in [1.82, 2.24) is 9.80 Å². The molecule has 1 aliphatic rings. The molecular formula is C18H27FN2O2. The average Bonchev–Trinajstić information content (AvgIpc) is 2.57. The molecule has 1 saturated heterocycles. The van der Waals surface area contributed by atoms with E-state index in [1.807, 2.05) is 0 Å². The van der Waals surface area contributed by atoms with Crippen molar-refractivity contribution in [2.45, 2.75) is 32.7 Å². The number of halogens is 1. The van der Waals surface area contributed by atoms with Crippen LogP contribution in [-0.2, 0) is 11.3 Å². The second kappa shape index (κ2) is 8.99. The molecular weight excluding hydrogens is 295 g/mol. The SMILES string of the molecule is CCN1CCC(CC(=O)N(CCO)Cc2ccc(F)cc2)CC1. The molecule has 0 aromatic heterocycles. The summed E-state index contributed by atoms with van der Waals surface area (Å²) >= 11 is 0. The third-order valence-electron chi connectivity index (χ3n) is 4.63. The molecule has 5 heteroatoms. The van der Waals surface area contributed by atoms with Crippen LogP contribution in [0.5, 0.6) is 0 Å². The van der Waals surface area contributed by atoms with E-state index in [4.69, 9.17) is 0 Å². The van der Waals surface area contributed by atoms with E-state index < -0.39 is 0 Å². The second-order valence-corrected chi connectivity index (χ2v) is 6.25. The molecule has 23 heavy (non-hydrogen) atoms. The molecule has 2 rings (SSSR count). The Morgan fingerprint density at radius 2 is 1.96 bits per heavy atom. The molecule has 1 N–H and O–H groups in total. The van der Waals surface area contributed by atoms with Crippen molar-refractivity contribution < 1.29 is 14.3 Å². The fraction of sp³-hybridized carbons (Fsp3) is 0.611. The van der Waals surface area contributed by atoms with E-state index in [-0.39, 0.29) is 18.3 Å². The minimum Gasteiger partial charge on any atom is -0.395 e. The standard InChI is InChI=1S/C18H27FN2O2/c1-2-20-9-7-15(8-10-20)13-18(23)21(11-12-22)14-16-3-5-17(19)6-4-16/h3-6,15,22H,2,7-14H2,1H3. The van der Waals surface area contributed by atoms with Crippen LogP contribution in [-0.4, -0.2) is 53.6 Å². The highest BCUT2D eigenvalue weighted by Gasteiger charge is 2.23. The van der Waals surface area contributed by atoms with Crippen LogP contribution in [0.4, 0.5) is 4.39 Å². The number of carbonyl (C=O) groups excluding carboxylic acids is 1. The fourth-order valence-electron chi connectivity index (χ4n) is 3.11. The van der Waals surface area contributed by atoms with Crippen LogP contribution in [0, 0.1) is 11.7 Å². The molecule has 0 spiro atoms. The first kappa shape index (κ1) is 17.9. The molecule has 128 valence electrons. The number of nitrogens with zero attached hydrogens (tertiary/aromatic N) is 2. The molecule has 0 atom stereocenters. The van der Waals surface area contributed by atoms with Crippen LogP contribution in [0.3, 0.4) is 0 Å². The average molecular weight is 322 g/mol. The zero-order chi connectivity index (χ0) is 16.7. The minimum absolute atomic E-state index is 0.0544. The molecule has 1 aliphatic heterocycles. The van der Waals surface area contributed by atoms with Gasteiger partial charge in [-0.1, -0.05) is 19.1 Å². The van der Waals surface area contributed by atoms with Crippen molar-refractivity contribution in [3.05, 3.63) is 35.6 Å². The Hall–Kier alpha value is -1.46. The van der Waals surface area contributed by atoms with Crippen LogP contribution in [0.15, 0.2) is 24.3 Å². The van der Waals surface area contributed by atoms with Crippen LogP contribution < -0.4 is 0 Å². The number of benzene rings is 1. The number of carbonyl (C=O) groups is 1. The quantitative estimate of drug-likeness (QED) is 0.837. The first-order chi connectivity index (χ1) is 11.1. The van der Waals surface area contributed by atoms with Gasteiger partial charge in [-0.05, 0) is 56.1 Å². The maximum absolute atomic E-state index is 13.0. The van der Waals surface area contributed by atoms with Gasteiger partial charge in [-0.15, -0.1) is 0 Å². The fourth-order valence-corrected chi connectivity index (χ4v) is 3.11. The number of aliphatic hydroxyl groups is 1. The molecule has 0 bridgehead atoms. The highest BCUT2D eigenvalue weighted by molar-refractivity contribution is 5.76. The van der Waals surface area contributed by atoms with Crippen molar-refractivity contribution in [1.29, 1.82) is 0 Å². The maximum atomic E-state index is 13.0. The van der Waals surface area contributed by atoms with Crippen LogP contribution in [0.25, 0.3) is 0 Å². The normalized spacial score (nSPS) is 16.5. The summed E-state index contributed by atoms with van der Waals surface area (Å²) in [5.41, 5.74) is 0.883. The van der Waals surface area contributed by atoms with Crippen molar-refractivity contribution in [3.63, 3.8) is 0 Å². The molecule has 1 amide bonds. The highest BCUT2D eigenvalue weighted by atomic mass is 19.1. The molecule has 4 nitrogen and oxygen atoms in total. The zero-order valence-electron chi connectivity index (χ0n) is 13.9. The van der Waals surface area contributed by atoms with Gasteiger partial charge in [0.1, 0.15) is 5.82 Å². The summed E-state index contributed by atoms with van der Waals surface area (Å²) < 4.78 is 13.0. The molecule has 1 heterocycles. The molecule has 1 aromatic carbocycles. The topological polar surface area (TPSA) is 43.8 Å². The van der Waals surface area contributed by atoms with E-state index in [1.165, 1.54) is 12.1 Å². The van der Waals surface area contributed by atoms with Gasteiger partial charge in [0.2, 0.25) is 5.91 Å². The van der Waals surface area contributed by atoms with Crippen LogP contribution in [0.1, 0.15) is 31.7 Å². The smallest absolute Gasteiger partial charge is 0.223 e. The van der Waals surface area contributed by atoms with Crippen LogP contribution in [0.2, 0.25) is 0 Å². The monoisotopic (exact) mass is 322 g/mol. The summed E-state index contributed by atoms with van der Waals surface area (Å²) in [5.74, 6) is 0.231. The molecule has 0 unspecified atom stereocenters. The van der Waals surface area contributed by atoms with Crippen molar-refractivity contribution >= 4 is 5.91 Å². The van der Waals surface area contributed by atoms with Gasteiger partial charge in [0.15, 0.2) is 0 Å². The van der Waals surface area contributed by atoms with Gasteiger partial charge in [0, 0.05) is 19.5 Å². The summed E-state index contributed by atoms with van der Waals surface area (Å²) in [6.07, 6.45) is 2.66. The molecule has 0 aliphatic carbocycles. The van der Waals surface area contributed by atoms with Gasteiger partial charge in [-0.2, -0.15) is 0 Å². The summed E-state index contributed by atoms with van der Waals surface area (Å²) in [7, 11) is 0. The Morgan fingerprint density at radius 1 is 1.30 bits per heavy atom. The van der Waals surface area contributed by atoms with E-state index in [1.54, 1.807) is 17.0 Å². The van der Waals surface area contributed by atoms with Crippen LogP contribution >= 0.6 is 0 Å². The molecule has 0 radical (unpaired) electrons. The number of hydrogen-bond donors (Lipinski definition) is 1. The Bertz CT molecular complexity index is 484. The van der Waals surface area contributed by atoms with E-state index >= 15 is 0 Å². The van der Waals surface area contributed by atoms with Crippen molar-refractivity contribution in [2.75, 3.05) is 32.8 Å². The molecule has 0 saturated carbocycles. The largest absolute Gasteiger partial charge is 0.395 e. The third-order valence-corrected chi connectivity index (χ3v) is 4.63. The van der Waals surface area contributed by atoms with E-state index in [0.717, 1.165) is 38.0 Å². The van der Waals surface area contributed by atoms with Crippen molar-refractivity contribution in [2.24, 2.45) is 5.92 Å². The minimum atomic E-state index is -0.281. The highest BCUT2D eigenvalue weighted by Crippen LogP contribution is 2.21. The van der Waals surface area contributed by atoms with Gasteiger partial charge in [0.25, 0.3) is 0 Å². The number of aliphatic hydroxyl groups excluding tert-OH is 1. The van der Waals surface area contributed by atoms with E-state index in [9.17, 15) is 14.3 Å². The van der Waals surface area contributed by atoms with Gasteiger partial charge in [-0.3, -0.25) is 4.79 Å². The Morgan fingerprint density at radius 3 is 2.52 bits per heavy atom. The Labute approximate surface area is 137 Å². The van der Waals surface area contributed by atoms with E-state index in [0.29, 0.717) is 25.4 Å². The van der Waals surface area contributed by atoms with Gasteiger partial charge >= 0.3 is 0 Å². The molecule has 1 aromatic rings. The number of piperidine rings is 1. The lowest BCUT2D eigenvalue weighted by Gasteiger charge is -2.32. The predicted molar refractivity (Wildman–Crippen MR) is 88.4 cm³/mol. The maximum Gasteiger partial charge on any atom is 0.223 e. The van der Waals surface area contributed by atoms with Gasteiger partial charge in [0.05, 0.1) is 6.61 Å². The van der Waals surface area contributed by atoms with Gasteiger partial charge in [-0.25, -0.2) is 4.39 Å². The lowest BCUT2D eigenvalue weighted by Crippen LogP contribution is -2.38. The number of amides is 1. The Balaban J connectivity index is 1.89. The second-order valence-electron chi connectivity index (χ2n) is 6.25. The van der Waals surface area contributed by atoms with E-state index in [2.05, 4.69) is 11.8 Å². The number of rotatable bonds is 7. The predicted octanol–water partition coefficient (Wildman–Crippen LogP) is 2.27. The van der Waals surface area contributed by atoms with Crippen molar-refractivity contribution in [3.8, 4) is 0 Å². The summed E-state index contributed by atoms with van der Waals surface area (Å²) in [6.45, 7) is 6.05. The number of likely N-dealkylation sites (tertiary alicyclic amines) is 1. The van der Waals surface area contributed by atoms with Gasteiger partial charge < -0.3 is 14.9 Å². The lowest BCUT2D eigenvalue weighted by molar-refractivity contribution is -0.133. The third kappa shape index (κ3) is 5.59. The first-order valence-corrected chi connectivity index (χ1v) is 8.47. The summed E-state index contributed by atoms with van der Waals surface area (Å²) in [6, 6.07) is 6.17. The summed E-state index contributed by atoms with van der Waals surface area (Å²) in [5, 5.41) is 9.22. The zero-order valence-corrected chi connectivity index (χ0v) is 13.9. The molecule has 1 fully saturated rings. The number of hydrogen-bond acceptors (Lipinski definition) is 3. The Kier molecular flexibility index (Phi) is 6.99.